The van der Waals surface area contributed by atoms with Crippen LogP contribution in [0.2, 0.25) is 0 Å². The summed E-state index contributed by atoms with van der Waals surface area (Å²) in [6, 6.07) is 11.7. The zero-order valence-corrected chi connectivity index (χ0v) is 18.9. The minimum Gasteiger partial charge on any atom is -0.492 e. The quantitative estimate of drug-likeness (QED) is 0.404. The summed E-state index contributed by atoms with van der Waals surface area (Å²) < 4.78 is 21.2. The van der Waals surface area contributed by atoms with Gasteiger partial charge < -0.3 is 14.2 Å². The van der Waals surface area contributed by atoms with Crippen molar-refractivity contribution in [3.8, 4) is 11.5 Å². The molecular weight excluding hydrogens is 572 g/mol. The number of rotatable bonds is 6. The van der Waals surface area contributed by atoms with Crippen molar-refractivity contribution in [2.45, 2.75) is 0 Å². The molecule has 1 aliphatic heterocycles. The van der Waals surface area contributed by atoms with E-state index in [1.165, 1.54) is 0 Å². The van der Waals surface area contributed by atoms with Crippen LogP contribution >= 0.6 is 63.7 Å². The summed E-state index contributed by atoms with van der Waals surface area (Å²) in [5.41, 5.74) is -0.126. The summed E-state index contributed by atoms with van der Waals surface area (Å²) in [4.78, 5) is 0. The van der Waals surface area contributed by atoms with Crippen LogP contribution in [0.3, 0.4) is 0 Å². The van der Waals surface area contributed by atoms with E-state index < -0.39 is 0 Å². The summed E-state index contributed by atoms with van der Waals surface area (Å²) in [7, 11) is 0. The molecule has 3 nitrogen and oxygen atoms in total. The second kappa shape index (κ2) is 8.08. The number of ether oxygens (including phenoxy) is 3. The molecule has 0 unspecified atom stereocenters. The number of hydrogen-bond acceptors (Lipinski definition) is 3. The molecule has 128 valence electrons. The normalized spacial score (nSPS) is 15.7. The van der Waals surface area contributed by atoms with Gasteiger partial charge in [0.1, 0.15) is 24.7 Å². The molecule has 1 fully saturated rings. The zero-order valence-electron chi connectivity index (χ0n) is 12.5. The van der Waals surface area contributed by atoms with Crippen LogP contribution in [-0.2, 0) is 4.74 Å². The zero-order chi connectivity index (χ0) is 17.2. The molecule has 0 aromatic heterocycles. The fourth-order valence-electron chi connectivity index (χ4n) is 2.25. The van der Waals surface area contributed by atoms with E-state index in [0.717, 1.165) is 29.4 Å². The predicted octanol–water partition coefficient (Wildman–Crippen LogP) is 6.21. The minimum atomic E-state index is -0.126. The van der Waals surface area contributed by atoms with Gasteiger partial charge in [-0.3, -0.25) is 0 Å². The van der Waals surface area contributed by atoms with Crippen LogP contribution in [-0.4, -0.2) is 26.4 Å². The van der Waals surface area contributed by atoms with Crippen LogP contribution in [0.15, 0.2) is 54.3 Å². The Kier molecular flexibility index (Phi) is 6.30. The summed E-state index contributed by atoms with van der Waals surface area (Å²) in [5.74, 6) is 1.63. The summed E-state index contributed by atoms with van der Waals surface area (Å²) in [6.45, 7) is 2.35. The fraction of sp³-hybridized carbons (Fsp3) is 0.294. The molecule has 1 saturated heterocycles. The molecule has 24 heavy (non-hydrogen) atoms. The molecule has 0 atom stereocenters. The van der Waals surface area contributed by atoms with E-state index >= 15 is 0 Å². The smallest absolute Gasteiger partial charge is 0.133 e. The molecule has 0 saturated carbocycles. The molecule has 1 aliphatic rings. The van der Waals surface area contributed by atoms with Gasteiger partial charge in [0.15, 0.2) is 0 Å². The Morgan fingerprint density at radius 1 is 0.792 bits per heavy atom. The molecule has 0 radical (unpaired) electrons. The van der Waals surface area contributed by atoms with Crippen LogP contribution in [0.5, 0.6) is 11.5 Å². The van der Waals surface area contributed by atoms with Gasteiger partial charge in [-0.05, 0) is 68.3 Å². The summed E-state index contributed by atoms with van der Waals surface area (Å²) in [5, 5.41) is 0. The molecule has 0 spiro atoms. The molecule has 2 aromatic rings. The topological polar surface area (TPSA) is 27.7 Å². The van der Waals surface area contributed by atoms with Crippen molar-refractivity contribution >= 4 is 63.7 Å². The van der Waals surface area contributed by atoms with E-state index in [9.17, 15) is 0 Å². The van der Waals surface area contributed by atoms with Crippen molar-refractivity contribution in [3.05, 3.63) is 54.3 Å². The highest BCUT2D eigenvalue weighted by atomic mass is 79.9. The Hall–Kier alpha value is -0.0800. The van der Waals surface area contributed by atoms with Gasteiger partial charge in [0.2, 0.25) is 0 Å². The highest BCUT2D eigenvalue weighted by Gasteiger charge is 2.41. The van der Waals surface area contributed by atoms with E-state index in [2.05, 4.69) is 63.7 Å². The third kappa shape index (κ3) is 4.55. The molecule has 7 heteroatoms. The average Bonchev–Trinajstić information content (AvgIpc) is 2.49. The molecule has 2 aromatic carbocycles. The van der Waals surface area contributed by atoms with Crippen LogP contribution < -0.4 is 9.47 Å². The highest BCUT2D eigenvalue weighted by molar-refractivity contribution is 9.11. The lowest BCUT2D eigenvalue weighted by molar-refractivity contribution is -0.149. The Morgan fingerprint density at radius 2 is 1.25 bits per heavy atom. The third-order valence-electron chi connectivity index (χ3n) is 3.67. The van der Waals surface area contributed by atoms with Gasteiger partial charge in [0.25, 0.3) is 0 Å². The average molecular weight is 586 g/mol. The van der Waals surface area contributed by atoms with Gasteiger partial charge in [-0.25, -0.2) is 0 Å². The Morgan fingerprint density at radius 3 is 1.58 bits per heavy atom. The van der Waals surface area contributed by atoms with Gasteiger partial charge in [0.05, 0.1) is 27.6 Å². The lowest BCUT2D eigenvalue weighted by atomic mass is 9.88. The Balaban J connectivity index is 1.62. The van der Waals surface area contributed by atoms with E-state index in [0.29, 0.717) is 26.4 Å². The van der Waals surface area contributed by atoms with Crippen molar-refractivity contribution in [1.29, 1.82) is 0 Å². The van der Waals surface area contributed by atoms with Gasteiger partial charge in [-0.1, -0.05) is 31.9 Å². The molecular formula is C17H14Br4O3. The number of benzene rings is 2. The highest BCUT2D eigenvalue weighted by Crippen LogP contribution is 2.35. The van der Waals surface area contributed by atoms with Gasteiger partial charge in [-0.2, -0.15) is 0 Å². The van der Waals surface area contributed by atoms with Crippen molar-refractivity contribution in [1.82, 2.24) is 0 Å². The van der Waals surface area contributed by atoms with Crippen LogP contribution in [0.25, 0.3) is 0 Å². The van der Waals surface area contributed by atoms with E-state index in [4.69, 9.17) is 14.2 Å². The van der Waals surface area contributed by atoms with Gasteiger partial charge in [-0.15, -0.1) is 0 Å². The first-order chi connectivity index (χ1) is 11.5. The molecule has 0 bridgehead atoms. The van der Waals surface area contributed by atoms with Crippen LogP contribution in [0.4, 0.5) is 0 Å². The van der Waals surface area contributed by atoms with Crippen molar-refractivity contribution in [3.63, 3.8) is 0 Å². The second-order valence-corrected chi connectivity index (χ2v) is 9.26. The largest absolute Gasteiger partial charge is 0.492 e. The van der Waals surface area contributed by atoms with Crippen molar-refractivity contribution in [2.75, 3.05) is 26.4 Å². The predicted molar refractivity (Wildman–Crippen MR) is 108 cm³/mol. The molecule has 0 aliphatic carbocycles. The van der Waals surface area contributed by atoms with Gasteiger partial charge in [0, 0.05) is 8.95 Å². The Bertz CT molecular complexity index is 674. The number of halogens is 4. The lowest BCUT2D eigenvalue weighted by Crippen LogP contribution is -2.51. The molecule has 0 amide bonds. The van der Waals surface area contributed by atoms with E-state index in [1.807, 2.05) is 36.4 Å². The number of hydrogen-bond donors (Lipinski definition) is 0. The maximum absolute atomic E-state index is 5.99. The van der Waals surface area contributed by atoms with Gasteiger partial charge >= 0.3 is 0 Å². The maximum atomic E-state index is 5.99. The standard InChI is InChI=1S/C17H14Br4O3/c18-11-1-3-15(13(20)5-11)23-9-17(7-22-8-17)10-24-16-4-2-12(19)6-14(16)21/h1-6H,7-10H2. The first kappa shape index (κ1) is 18.7. The summed E-state index contributed by atoms with van der Waals surface area (Å²) >= 11 is 13.9. The van der Waals surface area contributed by atoms with E-state index in [1.54, 1.807) is 0 Å². The Labute approximate surface area is 174 Å². The van der Waals surface area contributed by atoms with Crippen molar-refractivity contribution in [2.24, 2.45) is 5.41 Å². The fourth-order valence-corrected chi connectivity index (χ4v) is 4.57. The lowest BCUT2D eigenvalue weighted by Gasteiger charge is -2.40. The van der Waals surface area contributed by atoms with Crippen LogP contribution in [0.1, 0.15) is 0 Å². The second-order valence-electron chi connectivity index (χ2n) is 5.72. The molecule has 0 N–H and O–H groups in total. The third-order valence-corrected chi connectivity index (χ3v) is 5.90. The first-order valence-corrected chi connectivity index (χ1v) is 10.4. The maximum Gasteiger partial charge on any atom is 0.133 e. The molecule has 3 rings (SSSR count). The minimum absolute atomic E-state index is 0.126. The monoisotopic (exact) mass is 582 g/mol. The van der Waals surface area contributed by atoms with E-state index in [-0.39, 0.29) is 5.41 Å². The SMILES string of the molecule is Brc1ccc(OCC2(COc3ccc(Br)cc3Br)COC2)c(Br)c1. The van der Waals surface area contributed by atoms with Crippen molar-refractivity contribution < 1.29 is 14.2 Å². The molecule has 1 heterocycles. The summed E-state index contributed by atoms with van der Waals surface area (Å²) in [6.07, 6.45) is 0. The van der Waals surface area contributed by atoms with Crippen LogP contribution in [0, 0.1) is 5.41 Å². The first-order valence-electron chi connectivity index (χ1n) is 7.21.